The van der Waals surface area contributed by atoms with Crippen molar-refractivity contribution >= 4 is 52.1 Å². The molecule has 2 aromatic carbocycles. The van der Waals surface area contributed by atoms with E-state index in [9.17, 15) is 9.59 Å². The first-order chi connectivity index (χ1) is 18.5. The van der Waals surface area contributed by atoms with E-state index in [1.54, 1.807) is 17.1 Å². The molecule has 1 saturated heterocycles. The highest BCUT2D eigenvalue weighted by Gasteiger charge is 2.32. The number of thioether (sulfide) groups is 1. The first-order valence-electron chi connectivity index (χ1n) is 12.1. The molecule has 12 heteroatoms. The maximum absolute atomic E-state index is 13.4. The van der Waals surface area contributed by atoms with Crippen molar-refractivity contribution < 1.29 is 23.6 Å². The summed E-state index contributed by atoms with van der Waals surface area (Å²) in [6.45, 7) is 2.57. The molecule has 0 atom stereocenters. The summed E-state index contributed by atoms with van der Waals surface area (Å²) in [5, 5.41) is 9.05. The van der Waals surface area contributed by atoms with Crippen LogP contribution in [-0.2, 0) is 14.3 Å². The monoisotopic (exact) mass is 534 g/mol. The number of amidine groups is 1. The molecular formula is C26H28N7O4S+. The largest absolute Gasteiger partial charge is 0.378 e. The van der Waals surface area contributed by atoms with Gasteiger partial charge in [-0.1, -0.05) is 42.1 Å². The summed E-state index contributed by atoms with van der Waals surface area (Å²) in [5.41, 5.74) is 2.90. The summed E-state index contributed by atoms with van der Waals surface area (Å²) in [6, 6.07) is 17.1. The maximum atomic E-state index is 13.4. The van der Waals surface area contributed by atoms with Crippen molar-refractivity contribution in [3.8, 4) is 0 Å². The minimum atomic E-state index is -0.305. The van der Waals surface area contributed by atoms with Crippen LogP contribution in [0.4, 0.5) is 17.3 Å². The minimum absolute atomic E-state index is 0.0263. The van der Waals surface area contributed by atoms with E-state index in [1.807, 2.05) is 78.6 Å². The molecule has 0 radical (unpaired) electrons. The molecule has 1 N–H and O–H groups in total. The van der Waals surface area contributed by atoms with Crippen molar-refractivity contribution in [3.63, 3.8) is 0 Å². The zero-order valence-electron chi connectivity index (χ0n) is 21.1. The first-order valence-corrected chi connectivity index (χ1v) is 13.1. The average Bonchev–Trinajstić information content (AvgIpc) is 3.53. The van der Waals surface area contributed by atoms with Crippen molar-refractivity contribution in [1.82, 2.24) is 5.27 Å². The van der Waals surface area contributed by atoms with E-state index in [1.165, 1.54) is 16.7 Å². The molecule has 11 nitrogen and oxygen atoms in total. The molecule has 0 bridgehead atoms. The molecule has 2 aliphatic heterocycles. The van der Waals surface area contributed by atoms with Gasteiger partial charge in [-0.3, -0.25) is 24.3 Å². The number of rotatable bonds is 7. The molecule has 1 fully saturated rings. The van der Waals surface area contributed by atoms with Gasteiger partial charge < -0.3 is 9.64 Å². The van der Waals surface area contributed by atoms with Gasteiger partial charge in [-0.05, 0) is 35.9 Å². The summed E-state index contributed by atoms with van der Waals surface area (Å²) < 4.78 is 10.6. The lowest BCUT2D eigenvalue weighted by Gasteiger charge is -2.18. The van der Waals surface area contributed by atoms with Crippen molar-refractivity contribution in [3.05, 3.63) is 72.1 Å². The highest BCUT2D eigenvalue weighted by atomic mass is 32.2. The SMILES string of the molecule is CN(C)c1ccc(/C=C2/N=C(SCC(=O)Nc3c[n+](N4CCOCC4)no3)N(c3ccccc3)C2=O)cc1. The number of aromatic nitrogens is 2. The average molecular weight is 535 g/mol. The molecule has 0 aliphatic carbocycles. The molecule has 2 amide bonds. The van der Waals surface area contributed by atoms with Crippen LogP contribution in [0.25, 0.3) is 6.08 Å². The van der Waals surface area contributed by atoms with Crippen LogP contribution < -0.4 is 24.9 Å². The van der Waals surface area contributed by atoms with E-state index in [0.717, 1.165) is 11.3 Å². The Morgan fingerprint density at radius 1 is 1.13 bits per heavy atom. The van der Waals surface area contributed by atoms with E-state index in [4.69, 9.17) is 9.26 Å². The molecule has 3 heterocycles. The van der Waals surface area contributed by atoms with Crippen LogP contribution in [0.2, 0.25) is 0 Å². The van der Waals surface area contributed by atoms with Crippen molar-refractivity contribution in [1.29, 1.82) is 0 Å². The first kappa shape index (κ1) is 25.5. The number of hydrogen-bond acceptors (Lipinski definition) is 9. The molecule has 0 unspecified atom stereocenters. The third-order valence-corrected chi connectivity index (χ3v) is 6.82. The number of amides is 2. The van der Waals surface area contributed by atoms with Crippen LogP contribution in [0.1, 0.15) is 5.56 Å². The third kappa shape index (κ3) is 5.87. The van der Waals surface area contributed by atoms with Gasteiger partial charge in [0.15, 0.2) is 5.17 Å². The molecule has 3 aromatic rings. The fourth-order valence-corrected chi connectivity index (χ4v) is 4.73. The maximum Gasteiger partial charge on any atom is 0.305 e. The van der Waals surface area contributed by atoms with E-state index in [-0.39, 0.29) is 23.5 Å². The highest BCUT2D eigenvalue weighted by molar-refractivity contribution is 8.14. The van der Waals surface area contributed by atoms with Gasteiger partial charge in [0.1, 0.15) is 5.70 Å². The second kappa shape index (κ2) is 11.5. The topological polar surface area (TPSA) is 107 Å². The quantitative estimate of drug-likeness (QED) is 0.363. The van der Waals surface area contributed by atoms with Crippen LogP contribution in [0.15, 0.2) is 76.0 Å². The second-order valence-corrected chi connectivity index (χ2v) is 9.72. The molecule has 196 valence electrons. The summed E-state index contributed by atoms with van der Waals surface area (Å²) in [4.78, 5) is 35.8. The number of para-hydroxylation sites is 1. The van der Waals surface area contributed by atoms with Gasteiger partial charge in [0.05, 0.1) is 42.5 Å². The summed E-state index contributed by atoms with van der Waals surface area (Å²) in [6.07, 6.45) is 3.37. The van der Waals surface area contributed by atoms with Gasteiger partial charge in [-0.15, -0.1) is 5.01 Å². The van der Waals surface area contributed by atoms with E-state index < -0.39 is 0 Å². The molecule has 1 aromatic heterocycles. The number of ether oxygens (including phenoxy) is 1. The molecule has 0 spiro atoms. The summed E-state index contributed by atoms with van der Waals surface area (Å²) in [7, 11) is 3.94. The number of hydrogen-bond donors (Lipinski definition) is 1. The Labute approximate surface area is 224 Å². The van der Waals surface area contributed by atoms with Gasteiger partial charge in [0.25, 0.3) is 12.1 Å². The molecule has 5 rings (SSSR count). The Kier molecular flexibility index (Phi) is 7.70. The number of benzene rings is 2. The van der Waals surface area contributed by atoms with Gasteiger partial charge in [0.2, 0.25) is 11.2 Å². The van der Waals surface area contributed by atoms with Crippen molar-refractivity contribution in [2.75, 3.05) is 66.3 Å². The highest BCUT2D eigenvalue weighted by Crippen LogP contribution is 2.29. The smallest absolute Gasteiger partial charge is 0.305 e. The lowest BCUT2D eigenvalue weighted by molar-refractivity contribution is -0.759. The molecular weight excluding hydrogens is 506 g/mol. The van der Waals surface area contributed by atoms with Gasteiger partial charge >= 0.3 is 5.88 Å². The van der Waals surface area contributed by atoms with Crippen LogP contribution >= 0.6 is 11.8 Å². The number of anilines is 3. The lowest BCUT2D eigenvalue weighted by Crippen LogP contribution is -2.62. The van der Waals surface area contributed by atoms with Crippen LogP contribution in [-0.4, -0.2) is 68.4 Å². The fraction of sp³-hybridized carbons (Fsp3) is 0.269. The summed E-state index contributed by atoms with van der Waals surface area (Å²) >= 11 is 1.17. The number of carbonyl (C=O) groups excluding carboxylic acids is 2. The Balaban J connectivity index is 1.29. The van der Waals surface area contributed by atoms with Crippen LogP contribution in [0.3, 0.4) is 0 Å². The van der Waals surface area contributed by atoms with Crippen molar-refractivity contribution in [2.24, 2.45) is 4.99 Å². The zero-order chi connectivity index (χ0) is 26.5. The Morgan fingerprint density at radius 3 is 2.58 bits per heavy atom. The minimum Gasteiger partial charge on any atom is -0.378 e. The zero-order valence-corrected chi connectivity index (χ0v) is 21.9. The third-order valence-electron chi connectivity index (χ3n) is 5.88. The second-order valence-electron chi connectivity index (χ2n) is 8.78. The lowest BCUT2D eigenvalue weighted by atomic mass is 10.1. The standard InChI is InChI=1S/C26H27N7O4S/c1-30(2)20-10-8-19(9-11-20)16-22-25(35)33(21-6-4-3-5-7-21)26(27-22)38-18-23(34)28-24-17-32(29-37-24)31-12-14-36-15-13-31/h3-11,16-17H,12-15,18H2,1-2H3/p+1/b22-16+. The molecule has 38 heavy (non-hydrogen) atoms. The van der Waals surface area contributed by atoms with Gasteiger partial charge in [-0.25, -0.2) is 4.99 Å². The van der Waals surface area contributed by atoms with Gasteiger partial charge in [0, 0.05) is 19.8 Å². The predicted octanol–water partition coefficient (Wildman–Crippen LogP) is 2.11. The van der Waals surface area contributed by atoms with Gasteiger partial charge in [-0.2, -0.15) is 0 Å². The van der Waals surface area contributed by atoms with E-state index >= 15 is 0 Å². The van der Waals surface area contributed by atoms with E-state index in [0.29, 0.717) is 42.9 Å². The van der Waals surface area contributed by atoms with Crippen molar-refractivity contribution in [2.45, 2.75) is 0 Å². The summed E-state index contributed by atoms with van der Waals surface area (Å²) in [5.74, 6) is -0.302. The Bertz CT molecular complexity index is 1350. The predicted molar refractivity (Wildman–Crippen MR) is 147 cm³/mol. The van der Waals surface area contributed by atoms with E-state index in [2.05, 4.69) is 15.6 Å². The van der Waals surface area contributed by atoms with Crippen LogP contribution in [0, 0.1) is 0 Å². The number of nitrogens with one attached hydrogen (secondary N) is 1. The molecule has 2 aliphatic rings. The number of aliphatic imine (C=N–C) groups is 1. The number of carbonyl (C=O) groups is 2. The Hall–Kier alpha value is -4.16. The normalized spacial score (nSPS) is 16.6. The fourth-order valence-electron chi connectivity index (χ4n) is 3.91. The number of morpholine rings is 1. The Morgan fingerprint density at radius 2 is 1.87 bits per heavy atom. The molecule has 0 saturated carbocycles. The number of nitrogens with zero attached hydrogens (tertiary/aromatic N) is 6. The van der Waals surface area contributed by atoms with Crippen LogP contribution in [0.5, 0.6) is 0 Å².